The van der Waals surface area contributed by atoms with E-state index in [0.29, 0.717) is 0 Å². The lowest BCUT2D eigenvalue weighted by molar-refractivity contribution is 0.668. The molecule has 0 bridgehead atoms. The fraction of sp³-hybridized carbons (Fsp3) is 0. The fourth-order valence-corrected chi connectivity index (χ4v) is 7.01. The molecule has 182 valence electrons. The van der Waals surface area contributed by atoms with Crippen molar-refractivity contribution in [3.05, 3.63) is 121 Å². The first kappa shape index (κ1) is 21.1. The van der Waals surface area contributed by atoms with Crippen LogP contribution in [0.5, 0.6) is 0 Å². The first-order valence-electron chi connectivity index (χ1n) is 13.1. The van der Waals surface area contributed by atoms with Crippen molar-refractivity contribution < 1.29 is 8.83 Å². The normalized spacial score (nSPS) is 12.1. The number of hydrogen-bond acceptors (Lipinski definition) is 3. The number of benzene rings is 6. The molecule has 0 saturated heterocycles. The van der Waals surface area contributed by atoms with E-state index in [1.165, 1.54) is 42.4 Å². The molecule has 0 N–H and O–H groups in total. The Hall–Kier alpha value is -4.86. The Morgan fingerprint density at radius 2 is 0.718 bits per heavy atom. The summed E-state index contributed by atoms with van der Waals surface area (Å²) >= 11 is 1.85. The van der Waals surface area contributed by atoms with Crippen LogP contribution >= 0.6 is 11.3 Å². The minimum atomic E-state index is 0.925. The molecule has 3 heteroatoms. The molecular formula is C36H20O2S. The molecule has 0 spiro atoms. The lowest BCUT2D eigenvalue weighted by Gasteiger charge is -2.05. The zero-order valence-corrected chi connectivity index (χ0v) is 21.6. The van der Waals surface area contributed by atoms with Gasteiger partial charge in [-0.15, -0.1) is 11.3 Å². The van der Waals surface area contributed by atoms with E-state index < -0.39 is 0 Å². The summed E-state index contributed by atoms with van der Waals surface area (Å²) in [4.78, 5) is 0. The molecule has 0 fully saturated rings. The van der Waals surface area contributed by atoms with Crippen LogP contribution in [0.1, 0.15) is 0 Å². The number of fused-ring (bicyclic) bond motifs is 9. The van der Waals surface area contributed by atoms with Crippen molar-refractivity contribution in [3.63, 3.8) is 0 Å². The van der Waals surface area contributed by atoms with Crippen molar-refractivity contribution in [1.82, 2.24) is 0 Å². The molecule has 9 rings (SSSR count). The average molecular weight is 517 g/mol. The second kappa shape index (κ2) is 7.83. The maximum Gasteiger partial charge on any atom is 0.135 e. The molecule has 0 atom stereocenters. The third-order valence-electron chi connectivity index (χ3n) is 7.89. The van der Waals surface area contributed by atoms with Crippen molar-refractivity contribution in [1.29, 1.82) is 0 Å². The Morgan fingerprint density at radius 3 is 1.21 bits per heavy atom. The molecule has 2 nitrogen and oxygen atoms in total. The molecule has 0 aliphatic heterocycles. The molecule has 6 aromatic carbocycles. The van der Waals surface area contributed by atoms with Crippen molar-refractivity contribution in [2.75, 3.05) is 0 Å². The summed E-state index contributed by atoms with van der Waals surface area (Å²) < 4.78 is 14.7. The van der Waals surface area contributed by atoms with Gasteiger partial charge in [-0.1, -0.05) is 60.7 Å². The van der Waals surface area contributed by atoms with E-state index in [4.69, 9.17) is 8.83 Å². The molecule has 3 heterocycles. The van der Waals surface area contributed by atoms with Gasteiger partial charge >= 0.3 is 0 Å². The van der Waals surface area contributed by atoms with Crippen LogP contribution in [0.4, 0.5) is 0 Å². The minimum Gasteiger partial charge on any atom is -0.456 e. The molecule has 0 aliphatic rings. The first-order chi connectivity index (χ1) is 19.3. The Balaban J connectivity index is 1.20. The van der Waals surface area contributed by atoms with E-state index in [1.807, 2.05) is 35.6 Å². The van der Waals surface area contributed by atoms with Crippen LogP contribution in [-0.2, 0) is 0 Å². The maximum absolute atomic E-state index is 6.06. The smallest absolute Gasteiger partial charge is 0.135 e. The quantitative estimate of drug-likeness (QED) is 0.228. The molecule has 0 amide bonds. The van der Waals surface area contributed by atoms with E-state index in [9.17, 15) is 0 Å². The largest absolute Gasteiger partial charge is 0.456 e. The summed E-state index contributed by atoms with van der Waals surface area (Å²) in [7, 11) is 0. The van der Waals surface area contributed by atoms with E-state index in [2.05, 4.69) is 97.1 Å². The SMILES string of the molecule is c1ccc2c(c1)oc1ccc(-c3ccc4sc5ccc(-c6ccc7oc8ccccc8c7c6)cc5c4c3)cc12. The summed E-state index contributed by atoms with van der Waals surface area (Å²) in [6.45, 7) is 0. The predicted molar refractivity (Wildman–Crippen MR) is 165 cm³/mol. The number of thiophene rings is 1. The highest BCUT2D eigenvalue weighted by atomic mass is 32.1. The number of rotatable bonds is 2. The van der Waals surface area contributed by atoms with Gasteiger partial charge in [-0.05, 0) is 82.9 Å². The van der Waals surface area contributed by atoms with Crippen molar-refractivity contribution in [3.8, 4) is 22.3 Å². The van der Waals surface area contributed by atoms with E-state index >= 15 is 0 Å². The van der Waals surface area contributed by atoms with Gasteiger partial charge in [0.15, 0.2) is 0 Å². The average Bonchev–Trinajstić information content (AvgIpc) is 3.66. The van der Waals surface area contributed by atoms with Crippen LogP contribution in [0, 0.1) is 0 Å². The standard InChI is InChI=1S/C36H20O2S/c1-3-7-31-25(5-1)27-17-21(9-13-33(27)37-31)23-11-15-35-29(19-23)30-20-24(12-16-36(30)39-35)22-10-14-34-28(18-22)26-6-2-4-8-32(26)38-34/h1-20H. The molecule has 3 aromatic heterocycles. The first-order valence-corrected chi connectivity index (χ1v) is 13.9. The maximum atomic E-state index is 6.06. The van der Waals surface area contributed by atoms with Gasteiger partial charge in [-0.25, -0.2) is 0 Å². The topological polar surface area (TPSA) is 26.3 Å². The Kier molecular flexibility index (Phi) is 4.24. The lowest BCUT2D eigenvalue weighted by atomic mass is 9.98. The molecule has 0 radical (unpaired) electrons. The van der Waals surface area contributed by atoms with Crippen molar-refractivity contribution in [2.24, 2.45) is 0 Å². The van der Waals surface area contributed by atoms with Crippen molar-refractivity contribution >= 4 is 75.4 Å². The van der Waals surface area contributed by atoms with Crippen LogP contribution in [0.2, 0.25) is 0 Å². The van der Waals surface area contributed by atoms with Gasteiger partial charge in [0.1, 0.15) is 22.3 Å². The fourth-order valence-electron chi connectivity index (χ4n) is 5.95. The summed E-state index contributed by atoms with van der Waals surface area (Å²) in [5.74, 6) is 0. The van der Waals surface area contributed by atoms with Crippen LogP contribution < -0.4 is 0 Å². The van der Waals surface area contributed by atoms with Crippen molar-refractivity contribution in [2.45, 2.75) is 0 Å². The van der Waals surface area contributed by atoms with E-state index in [-0.39, 0.29) is 0 Å². The minimum absolute atomic E-state index is 0.925. The van der Waals surface area contributed by atoms with Gasteiger partial charge in [-0.2, -0.15) is 0 Å². The van der Waals surface area contributed by atoms with Gasteiger partial charge in [0, 0.05) is 41.7 Å². The van der Waals surface area contributed by atoms with Crippen LogP contribution in [0.25, 0.3) is 86.3 Å². The summed E-state index contributed by atoms with van der Waals surface area (Å²) in [6.07, 6.45) is 0. The third kappa shape index (κ3) is 3.14. The molecule has 39 heavy (non-hydrogen) atoms. The highest BCUT2D eigenvalue weighted by molar-refractivity contribution is 7.25. The zero-order chi connectivity index (χ0) is 25.5. The molecule has 9 aromatic rings. The second-order valence-corrected chi connectivity index (χ2v) is 11.2. The number of furan rings is 2. The van der Waals surface area contributed by atoms with Crippen LogP contribution in [0.3, 0.4) is 0 Å². The predicted octanol–water partition coefficient (Wildman–Crippen LogP) is 11.2. The number of hydrogen-bond donors (Lipinski definition) is 0. The zero-order valence-electron chi connectivity index (χ0n) is 20.8. The highest BCUT2D eigenvalue weighted by Crippen LogP contribution is 2.40. The Labute approximate surface area is 227 Å². The van der Waals surface area contributed by atoms with Crippen LogP contribution in [0.15, 0.2) is 130 Å². The molecule has 0 unspecified atom stereocenters. The third-order valence-corrected chi connectivity index (χ3v) is 9.04. The molecule has 0 aliphatic carbocycles. The highest BCUT2D eigenvalue weighted by Gasteiger charge is 2.13. The monoisotopic (exact) mass is 516 g/mol. The van der Waals surface area contributed by atoms with Gasteiger partial charge in [0.25, 0.3) is 0 Å². The lowest BCUT2D eigenvalue weighted by Crippen LogP contribution is -1.79. The summed E-state index contributed by atoms with van der Waals surface area (Å²) in [6, 6.07) is 43.2. The van der Waals surface area contributed by atoms with Gasteiger partial charge in [0.05, 0.1) is 0 Å². The molecule has 0 saturated carbocycles. The van der Waals surface area contributed by atoms with E-state index in [1.54, 1.807) is 0 Å². The van der Waals surface area contributed by atoms with Crippen LogP contribution in [-0.4, -0.2) is 0 Å². The van der Waals surface area contributed by atoms with E-state index in [0.717, 1.165) is 43.9 Å². The summed E-state index contributed by atoms with van der Waals surface area (Å²) in [5, 5.41) is 7.21. The summed E-state index contributed by atoms with van der Waals surface area (Å²) in [5.41, 5.74) is 8.53. The number of para-hydroxylation sites is 2. The Morgan fingerprint density at radius 1 is 0.333 bits per heavy atom. The second-order valence-electron chi connectivity index (χ2n) is 10.1. The van der Waals surface area contributed by atoms with Gasteiger partial charge in [0.2, 0.25) is 0 Å². The van der Waals surface area contributed by atoms with Gasteiger partial charge in [-0.3, -0.25) is 0 Å². The molecular weight excluding hydrogens is 496 g/mol. The van der Waals surface area contributed by atoms with Gasteiger partial charge < -0.3 is 8.83 Å². The Bertz CT molecular complexity index is 2230.